The Labute approximate surface area is 116 Å². The third-order valence-electron chi connectivity index (χ3n) is 2.79. The van der Waals surface area contributed by atoms with Crippen LogP contribution < -0.4 is 10.1 Å². The quantitative estimate of drug-likeness (QED) is 0.884. The van der Waals surface area contributed by atoms with Crippen LogP contribution in [0.3, 0.4) is 0 Å². The molecule has 0 spiro atoms. The first-order chi connectivity index (χ1) is 8.75. The van der Waals surface area contributed by atoms with E-state index in [2.05, 4.69) is 41.0 Å². The van der Waals surface area contributed by atoms with E-state index in [0.717, 1.165) is 23.8 Å². The van der Waals surface area contributed by atoms with Crippen molar-refractivity contribution in [2.45, 2.75) is 33.1 Å². The zero-order valence-electron chi connectivity index (χ0n) is 13.2. The Morgan fingerprint density at radius 1 is 1.21 bits per heavy atom. The molecule has 0 amide bonds. The molecule has 0 aliphatic heterocycles. The molecule has 5 heteroatoms. The van der Waals surface area contributed by atoms with E-state index in [-0.39, 0.29) is 5.41 Å². The van der Waals surface area contributed by atoms with Crippen molar-refractivity contribution in [3.63, 3.8) is 0 Å². The zero-order valence-corrected chi connectivity index (χ0v) is 13.2. The fourth-order valence-electron chi connectivity index (χ4n) is 1.54. The van der Waals surface area contributed by atoms with Gasteiger partial charge in [-0.25, -0.2) is 4.98 Å². The van der Waals surface area contributed by atoms with Gasteiger partial charge in [0.1, 0.15) is 18.2 Å². The number of rotatable bonds is 5. The van der Waals surface area contributed by atoms with Crippen LogP contribution in [0.5, 0.6) is 5.88 Å². The molecule has 0 bridgehead atoms. The topological polar surface area (TPSA) is 50.3 Å². The summed E-state index contributed by atoms with van der Waals surface area (Å²) >= 11 is 0. The van der Waals surface area contributed by atoms with Gasteiger partial charge in [0.25, 0.3) is 0 Å². The van der Waals surface area contributed by atoms with Crippen molar-refractivity contribution >= 4 is 5.82 Å². The number of nitrogens with zero attached hydrogens (tertiary/aromatic N) is 3. The molecule has 0 aliphatic rings. The van der Waals surface area contributed by atoms with E-state index in [0.29, 0.717) is 12.5 Å². The second kappa shape index (κ2) is 6.19. The summed E-state index contributed by atoms with van der Waals surface area (Å²) in [6.45, 7) is 9.76. The van der Waals surface area contributed by atoms with E-state index in [9.17, 15) is 0 Å². The first kappa shape index (κ1) is 15.7. The summed E-state index contributed by atoms with van der Waals surface area (Å²) in [7, 11) is 5.91. The van der Waals surface area contributed by atoms with Gasteiger partial charge >= 0.3 is 0 Å². The molecule has 0 saturated heterocycles. The smallest absolute Gasteiger partial charge is 0.221 e. The Hall–Kier alpha value is -1.36. The molecule has 1 aromatic heterocycles. The molecule has 1 aromatic rings. The fourth-order valence-corrected chi connectivity index (χ4v) is 1.54. The van der Waals surface area contributed by atoms with Gasteiger partial charge in [-0.15, -0.1) is 0 Å². The van der Waals surface area contributed by atoms with E-state index in [4.69, 9.17) is 4.74 Å². The first-order valence-corrected chi connectivity index (χ1v) is 6.60. The van der Waals surface area contributed by atoms with Crippen molar-refractivity contribution in [3.05, 3.63) is 11.4 Å². The summed E-state index contributed by atoms with van der Waals surface area (Å²) in [5.41, 5.74) is 0.855. The van der Waals surface area contributed by atoms with E-state index < -0.39 is 0 Å². The lowest BCUT2D eigenvalue weighted by molar-refractivity contribution is 0.250. The lowest BCUT2D eigenvalue weighted by Crippen LogP contribution is -2.22. The molecular formula is C14H26N4O. The molecule has 0 atom stereocenters. The summed E-state index contributed by atoms with van der Waals surface area (Å²) in [5.74, 6) is 2.30. The third kappa shape index (κ3) is 4.35. The number of hydrogen-bond donors (Lipinski definition) is 1. The number of anilines is 1. The largest absolute Gasteiger partial charge is 0.476 e. The van der Waals surface area contributed by atoms with E-state index in [1.807, 2.05) is 28.1 Å². The first-order valence-electron chi connectivity index (χ1n) is 6.60. The average Bonchev–Trinajstić information content (AvgIpc) is 2.29. The Morgan fingerprint density at radius 2 is 1.84 bits per heavy atom. The summed E-state index contributed by atoms with van der Waals surface area (Å²) in [4.78, 5) is 11.2. The van der Waals surface area contributed by atoms with E-state index in [1.165, 1.54) is 0 Å². The maximum absolute atomic E-state index is 5.79. The van der Waals surface area contributed by atoms with Crippen LogP contribution in [0.2, 0.25) is 0 Å². The predicted molar refractivity (Wildman–Crippen MR) is 79.1 cm³/mol. The van der Waals surface area contributed by atoms with Crippen LogP contribution in [0.25, 0.3) is 0 Å². The lowest BCUT2D eigenvalue weighted by atomic mass is 9.95. The Bertz CT molecular complexity index is 424. The number of ether oxygens (including phenoxy) is 1. The van der Waals surface area contributed by atoms with E-state index >= 15 is 0 Å². The lowest BCUT2D eigenvalue weighted by Gasteiger charge is -2.20. The zero-order chi connectivity index (χ0) is 14.6. The molecule has 1 heterocycles. The Morgan fingerprint density at radius 3 is 2.32 bits per heavy atom. The standard InChI is InChI=1S/C14H26N4O/c1-10-11(15-5)16-13(14(2,3)4)17-12(10)19-9-8-18(6)7/h8-9H2,1-7H3,(H,15,16,17). The van der Waals surface area contributed by atoms with Crippen LogP contribution in [0.4, 0.5) is 5.82 Å². The molecule has 0 aliphatic carbocycles. The van der Waals surface area contributed by atoms with Crippen molar-refractivity contribution in [2.75, 3.05) is 39.6 Å². The summed E-state index contributed by atoms with van der Waals surface area (Å²) in [6.07, 6.45) is 0. The number of aromatic nitrogens is 2. The maximum Gasteiger partial charge on any atom is 0.221 e. The van der Waals surface area contributed by atoms with Gasteiger partial charge in [-0.05, 0) is 21.0 Å². The molecule has 0 saturated carbocycles. The van der Waals surface area contributed by atoms with Gasteiger partial charge in [0.05, 0.1) is 5.56 Å². The summed E-state index contributed by atoms with van der Waals surface area (Å²) < 4.78 is 5.79. The highest BCUT2D eigenvalue weighted by Crippen LogP contribution is 2.27. The van der Waals surface area contributed by atoms with Gasteiger partial charge in [0, 0.05) is 19.0 Å². The highest BCUT2D eigenvalue weighted by molar-refractivity contribution is 5.48. The minimum absolute atomic E-state index is 0.0983. The van der Waals surface area contributed by atoms with Gasteiger partial charge < -0.3 is 15.0 Å². The third-order valence-corrected chi connectivity index (χ3v) is 2.79. The molecule has 0 unspecified atom stereocenters. The Balaban J connectivity index is 3.01. The van der Waals surface area contributed by atoms with Gasteiger partial charge in [-0.1, -0.05) is 20.8 Å². The summed E-state index contributed by atoms with van der Waals surface area (Å²) in [5, 5.41) is 3.11. The van der Waals surface area contributed by atoms with Crippen LogP contribution in [-0.2, 0) is 5.41 Å². The van der Waals surface area contributed by atoms with Crippen LogP contribution in [0, 0.1) is 6.92 Å². The van der Waals surface area contributed by atoms with E-state index in [1.54, 1.807) is 0 Å². The second-order valence-corrected chi connectivity index (χ2v) is 5.98. The van der Waals surface area contributed by atoms with Gasteiger partial charge in [0.2, 0.25) is 5.88 Å². The minimum atomic E-state index is -0.0983. The van der Waals surface area contributed by atoms with Crippen LogP contribution in [0.15, 0.2) is 0 Å². The Kier molecular flexibility index (Phi) is 5.11. The normalized spacial score (nSPS) is 11.8. The van der Waals surface area contributed by atoms with Gasteiger partial charge in [0.15, 0.2) is 0 Å². The molecule has 5 nitrogen and oxygen atoms in total. The van der Waals surface area contributed by atoms with Crippen LogP contribution in [-0.4, -0.2) is 49.2 Å². The average molecular weight is 266 g/mol. The highest BCUT2D eigenvalue weighted by Gasteiger charge is 2.21. The van der Waals surface area contributed by atoms with Crippen molar-refractivity contribution in [1.82, 2.24) is 14.9 Å². The predicted octanol–water partition coefficient (Wildman–Crippen LogP) is 2.06. The molecule has 1 rings (SSSR count). The maximum atomic E-state index is 5.79. The molecule has 0 aromatic carbocycles. The monoisotopic (exact) mass is 266 g/mol. The van der Waals surface area contributed by atoms with Crippen molar-refractivity contribution in [2.24, 2.45) is 0 Å². The SMILES string of the molecule is CNc1nc(C(C)(C)C)nc(OCCN(C)C)c1C. The highest BCUT2D eigenvalue weighted by atomic mass is 16.5. The van der Waals surface area contributed by atoms with Crippen molar-refractivity contribution < 1.29 is 4.74 Å². The van der Waals surface area contributed by atoms with Crippen LogP contribution >= 0.6 is 0 Å². The molecule has 19 heavy (non-hydrogen) atoms. The number of nitrogens with one attached hydrogen (secondary N) is 1. The molecule has 108 valence electrons. The fraction of sp³-hybridized carbons (Fsp3) is 0.714. The van der Waals surface area contributed by atoms with Gasteiger partial charge in [-0.3, -0.25) is 0 Å². The second-order valence-electron chi connectivity index (χ2n) is 5.98. The molecule has 1 N–H and O–H groups in total. The van der Waals surface area contributed by atoms with Gasteiger partial charge in [-0.2, -0.15) is 4.98 Å². The summed E-state index contributed by atoms with van der Waals surface area (Å²) in [6, 6.07) is 0. The molecular weight excluding hydrogens is 240 g/mol. The number of likely N-dealkylation sites (N-methyl/N-ethyl adjacent to an activating group) is 1. The van der Waals surface area contributed by atoms with Crippen LogP contribution in [0.1, 0.15) is 32.2 Å². The number of hydrogen-bond acceptors (Lipinski definition) is 5. The van der Waals surface area contributed by atoms with Crippen molar-refractivity contribution in [3.8, 4) is 5.88 Å². The van der Waals surface area contributed by atoms with Crippen molar-refractivity contribution in [1.29, 1.82) is 0 Å². The molecule has 0 fully saturated rings. The molecule has 0 radical (unpaired) electrons. The minimum Gasteiger partial charge on any atom is -0.476 e.